The minimum Gasteiger partial charge on any atom is -0.508 e. The Morgan fingerprint density at radius 3 is 2.56 bits per heavy atom. The van der Waals surface area contributed by atoms with E-state index < -0.39 is 5.97 Å². The lowest BCUT2D eigenvalue weighted by atomic mass is 9.89. The van der Waals surface area contributed by atoms with Gasteiger partial charge in [-0.3, -0.25) is 0 Å². The first-order valence-corrected chi connectivity index (χ1v) is 12.1. The predicted octanol–water partition coefficient (Wildman–Crippen LogP) is 4.54. The number of carbonyl (C=O) groups excluding carboxylic acids is 1. The van der Waals surface area contributed by atoms with Crippen LogP contribution in [0.15, 0.2) is 36.7 Å². The lowest BCUT2D eigenvalue weighted by molar-refractivity contribution is 0.0526. The van der Waals surface area contributed by atoms with Gasteiger partial charge in [0, 0.05) is 19.0 Å². The maximum Gasteiger partial charge on any atom is 0.341 e. The topological polar surface area (TPSA) is 135 Å². The number of carbonyl (C=O) groups is 1. The average Bonchev–Trinajstić information content (AvgIpc) is 3.40. The van der Waals surface area contributed by atoms with Crippen molar-refractivity contribution in [1.29, 1.82) is 5.41 Å². The molecule has 0 spiro atoms. The number of esters is 1. The molecule has 0 atom stereocenters. The van der Waals surface area contributed by atoms with Crippen LogP contribution in [-0.2, 0) is 4.74 Å². The molecule has 192 valence electrons. The largest absolute Gasteiger partial charge is 0.508 e. The van der Waals surface area contributed by atoms with Gasteiger partial charge in [0.1, 0.15) is 17.1 Å². The molecular formula is C26H34N6O4. The summed E-state index contributed by atoms with van der Waals surface area (Å²) in [5.41, 5.74) is 2.48. The van der Waals surface area contributed by atoms with Crippen molar-refractivity contribution in [3.63, 3.8) is 0 Å². The predicted molar refractivity (Wildman–Crippen MR) is 137 cm³/mol. The highest BCUT2D eigenvalue weighted by Gasteiger charge is 2.19. The van der Waals surface area contributed by atoms with Gasteiger partial charge in [-0.2, -0.15) is 10.1 Å². The third-order valence-electron chi connectivity index (χ3n) is 5.85. The number of hydrogen-bond donors (Lipinski definition) is 3. The van der Waals surface area contributed by atoms with E-state index in [-0.39, 0.29) is 12.6 Å². The molecule has 0 amide bonds. The Balaban J connectivity index is 0.000000383. The van der Waals surface area contributed by atoms with Crippen LogP contribution in [0.2, 0.25) is 0 Å². The van der Waals surface area contributed by atoms with Crippen LogP contribution in [-0.4, -0.2) is 57.3 Å². The second-order valence-corrected chi connectivity index (χ2v) is 8.55. The Labute approximate surface area is 211 Å². The number of anilines is 1. The first-order chi connectivity index (χ1) is 17.4. The van der Waals surface area contributed by atoms with Crippen molar-refractivity contribution in [2.24, 2.45) is 5.92 Å². The van der Waals surface area contributed by atoms with Gasteiger partial charge in [0.2, 0.25) is 5.88 Å². The number of hydrogen-bond acceptors (Lipinski definition) is 9. The fourth-order valence-electron chi connectivity index (χ4n) is 3.90. The number of phenolic OH excluding ortho intramolecular Hbond substituents is 1. The van der Waals surface area contributed by atoms with Crippen LogP contribution in [0, 0.1) is 18.3 Å². The average molecular weight is 495 g/mol. The van der Waals surface area contributed by atoms with E-state index in [0.717, 1.165) is 12.8 Å². The van der Waals surface area contributed by atoms with Gasteiger partial charge in [-0.05, 0) is 44.7 Å². The number of rotatable bonds is 8. The summed E-state index contributed by atoms with van der Waals surface area (Å²) in [5.74, 6) is 1.03. The fourth-order valence-corrected chi connectivity index (χ4v) is 3.90. The van der Waals surface area contributed by atoms with Crippen LogP contribution in [0.3, 0.4) is 0 Å². The summed E-state index contributed by atoms with van der Waals surface area (Å²) >= 11 is 0. The van der Waals surface area contributed by atoms with Crippen LogP contribution in [0.4, 0.5) is 5.69 Å². The van der Waals surface area contributed by atoms with E-state index in [2.05, 4.69) is 20.4 Å². The molecule has 1 aliphatic carbocycles. The number of aromatic hydroxyl groups is 1. The molecule has 10 heteroatoms. The molecule has 4 rings (SSSR count). The molecule has 0 saturated heterocycles. The fraction of sp³-hybridized carbons (Fsp3) is 0.423. The van der Waals surface area contributed by atoms with E-state index in [1.807, 2.05) is 19.1 Å². The van der Waals surface area contributed by atoms with E-state index in [9.17, 15) is 4.79 Å². The molecule has 1 fully saturated rings. The molecule has 1 aliphatic rings. The SMILES string of the molecule is CCOC(=O)c1cnn(-c2nc(C=N)c(NCC3CCCCC3)c(OC)n2)c1.Cc1ccc(O)cc1. The number of aryl methyl sites for hydroxylation is 1. The number of benzene rings is 1. The Kier molecular flexibility index (Phi) is 9.79. The van der Waals surface area contributed by atoms with Crippen molar-refractivity contribution in [2.75, 3.05) is 25.6 Å². The quantitative estimate of drug-likeness (QED) is 0.307. The number of nitrogens with one attached hydrogen (secondary N) is 2. The molecule has 3 aromatic rings. The van der Waals surface area contributed by atoms with Gasteiger partial charge in [-0.25, -0.2) is 14.5 Å². The maximum absolute atomic E-state index is 11.8. The summed E-state index contributed by atoms with van der Waals surface area (Å²) in [6.07, 6.45) is 10.3. The summed E-state index contributed by atoms with van der Waals surface area (Å²) in [7, 11) is 1.53. The Morgan fingerprint density at radius 2 is 1.94 bits per heavy atom. The maximum atomic E-state index is 11.8. The summed E-state index contributed by atoms with van der Waals surface area (Å²) in [4.78, 5) is 20.6. The smallest absolute Gasteiger partial charge is 0.341 e. The number of nitrogens with zero attached hydrogens (tertiary/aromatic N) is 4. The van der Waals surface area contributed by atoms with Crippen molar-refractivity contribution in [2.45, 2.75) is 46.0 Å². The van der Waals surface area contributed by atoms with Gasteiger partial charge in [0.05, 0.1) is 25.5 Å². The zero-order valence-electron chi connectivity index (χ0n) is 21.0. The standard InChI is InChI=1S/C19H26N6O3.C7H8O/c1-3-28-18(26)14-11-22-25(12-14)19-23-15(9-20)16(17(24-19)27-2)21-10-13-7-5-4-6-8-13;1-6-2-4-7(8)5-3-6/h9,11-13,20-21H,3-8,10H2,1-2H3;2-5,8H,1H3. The van der Waals surface area contributed by atoms with Crippen LogP contribution in [0.5, 0.6) is 11.6 Å². The highest BCUT2D eigenvalue weighted by Crippen LogP contribution is 2.28. The van der Waals surface area contributed by atoms with Crippen molar-refractivity contribution in [1.82, 2.24) is 19.7 Å². The van der Waals surface area contributed by atoms with Gasteiger partial charge < -0.3 is 25.3 Å². The number of aromatic nitrogens is 4. The summed E-state index contributed by atoms with van der Waals surface area (Å²) in [6.45, 7) is 4.81. The molecule has 1 aromatic carbocycles. The molecule has 36 heavy (non-hydrogen) atoms. The van der Waals surface area contributed by atoms with Gasteiger partial charge >= 0.3 is 5.97 Å². The minimum absolute atomic E-state index is 0.217. The minimum atomic E-state index is -0.459. The zero-order chi connectivity index (χ0) is 25.9. The van der Waals surface area contributed by atoms with Crippen molar-refractivity contribution < 1.29 is 19.4 Å². The zero-order valence-corrected chi connectivity index (χ0v) is 21.0. The van der Waals surface area contributed by atoms with E-state index in [0.29, 0.717) is 34.5 Å². The molecule has 0 aliphatic heterocycles. The van der Waals surface area contributed by atoms with Crippen molar-refractivity contribution in [3.8, 4) is 17.6 Å². The number of ether oxygens (including phenoxy) is 2. The molecule has 3 N–H and O–H groups in total. The highest BCUT2D eigenvalue weighted by atomic mass is 16.5. The van der Waals surface area contributed by atoms with Gasteiger partial charge in [0.15, 0.2) is 0 Å². The van der Waals surface area contributed by atoms with Crippen LogP contribution in [0.25, 0.3) is 5.95 Å². The lowest BCUT2D eigenvalue weighted by Gasteiger charge is -2.23. The van der Waals surface area contributed by atoms with Gasteiger partial charge in [-0.1, -0.05) is 37.0 Å². The molecule has 2 heterocycles. The van der Waals surface area contributed by atoms with Crippen molar-refractivity contribution >= 4 is 17.9 Å². The molecule has 10 nitrogen and oxygen atoms in total. The van der Waals surface area contributed by atoms with Gasteiger partial charge in [-0.15, -0.1) is 0 Å². The van der Waals surface area contributed by atoms with Crippen LogP contribution >= 0.6 is 0 Å². The van der Waals surface area contributed by atoms with Crippen LogP contribution < -0.4 is 10.1 Å². The van der Waals surface area contributed by atoms with Crippen LogP contribution in [0.1, 0.15) is 60.6 Å². The molecule has 0 unspecified atom stereocenters. The summed E-state index contributed by atoms with van der Waals surface area (Å²) in [5, 5.41) is 24.0. The summed E-state index contributed by atoms with van der Waals surface area (Å²) < 4.78 is 11.8. The van der Waals surface area contributed by atoms with Crippen molar-refractivity contribution in [3.05, 3.63) is 53.5 Å². The molecule has 1 saturated carbocycles. The van der Waals surface area contributed by atoms with Gasteiger partial charge in [0.25, 0.3) is 5.95 Å². The molecule has 0 bridgehead atoms. The van der Waals surface area contributed by atoms with E-state index >= 15 is 0 Å². The summed E-state index contributed by atoms with van der Waals surface area (Å²) in [6, 6.07) is 7.09. The second kappa shape index (κ2) is 13.2. The lowest BCUT2D eigenvalue weighted by Crippen LogP contribution is -2.19. The first kappa shape index (κ1) is 26.7. The monoisotopic (exact) mass is 494 g/mol. The molecule has 2 aromatic heterocycles. The number of phenols is 1. The molecule has 0 radical (unpaired) electrons. The highest BCUT2D eigenvalue weighted by molar-refractivity contribution is 5.89. The third-order valence-corrected chi connectivity index (χ3v) is 5.85. The van der Waals surface area contributed by atoms with E-state index in [4.69, 9.17) is 20.0 Å². The van der Waals surface area contributed by atoms with E-state index in [1.165, 1.54) is 61.9 Å². The Hall–Kier alpha value is -3.95. The first-order valence-electron chi connectivity index (χ1n) is 12.1. The molecular weight excluding hydrogens is 460 g/mol. The number of methoxy groups -OCH3 is 1. The Bertz CT molecular complexity index is 1120. The third kappa shape index (κ3) is 7.27. The van der Waals surface area contributed by atoms with E-state index in [1.54, 1.807) is 19.1 Å². The Morgan fingerprint density at radius 1 is 1.22 bits per heavy atom. The normalized spacial score (nSPS) is 13.3. The second-order valence-electron chi connectivity index (χ2n) is 8.55.